The lowest BCUT2D eigenvalue weighted by Gasteiger charge is -2.28. The molecule has 1 atom stereocenters. The van der Waals surface area contributed by atoms with E-state index in [0.29, 0.717) is 24.4 Å². The van der Waals surface area contributed by atoms with Crippen molar-refractivity contribution in [2.24, 2.45) is 5.73 Å². The van der Waals surface area contributed by atoms with Crippen LogP contribution in [0.5, 0.6) is 5.75 Å². The van der Waals surface area contributed by atoms with Crippen LogP contribution < -0.4 is 21.1 Å². The largest absolute Gasteiger partial charge is 0.497 e. The van der Waals surface area contributed by atoms with Crippen LogP contribution in [0.4, 0.5) is 10.5 Å². The molecule has 1 fully saturated rings. The number of ether oxygens (including phenoxy) is 1. The first-order valence-electron chi connectivity index (χ1n) is 11.1. The molecule has 2 aromatic rings. The van der Waals surface area contributed by atoms with E-state index in [9.17, 15) is 18.0 Å². The smallest absolute Gasteiger partial charge is 0.323 e. The molecule has 3 rings (SSSR count). The Bertz CT molecular complexity index is 1110. The van der Waals surface area contributed by atoms with Gasteiger partial charge in [-0.15, -0.1) is 0 Å². The maximum absolute atomic E-state index is 13.2. The van der Waals surface area contributed by atoms with Gasteiger partial charge in [-0.05, 0) is 41.8 Å². The number of urea groups is 1. The number of nitrogens with zero attached hydrogens (tertiary/aromatic N) is 2. The second kappa shape index (κ2) is 11.3. The third-order valence-corrected chi connectivity index (χ3v) is 7.50. The number of hydrogen-bond donors (Lipinski definition) is 3. The molecule has 0 bridgehead atoms. The van der Waals surface area contributed by atoms with Gasteiger partial charge in [0.15, 0.2) is 6.17 Å². The van der Waals surface area contributed by atoms with Crippen molar-refractivity contribution in [2.45, 2.75) is 32.6 Å². The predicted octanol–water partition coefficient (Wildman–Crippen LogP) is 1.69. The van der Waals surface area contributed by atoms with Crippen LogP contribution in [0, 0.1) is 0 Å². The van der Waals surface area contributed by atoms with E-state index in [1.54, 1.807) is 38.3 Å². The molecule has 0 radical (unpaired) electrons. The van der Waals surface area contributed by atoms with Gasteiger partial charge in [-0.1, -0.05) is 31.2 Å². The highest BCUT2D eigenvalue weighted by Crippen LogP contribution is 2.22. The summed E-state index contributed by atoms with van der Waals surface area (Å²) in [6, 6.07) is 13.6. The number of carbonyl (C=O) groups is 2. The van der Waals surface area contributed by atoms with Crippen LogP contribution in [0.25, 0.3) is 0 Å². The van der Waals surface area contributed by atoms with Crippen LogP contribution in [0.1, 0.15) is 24.5 Å². The lowest BCUT2D eigenvalue weighted by molar-refractivity contribution is -0.127. The Labute approximate surface area is 200 Å². The Morgan fingerprint density at radius 1 is 1.12 bits per heavy atom. The minimum Gasteiger partial charge on any atom is -0.497 e. The van der Waals surface area contributed by atoms with Crippen molar-refractivity contribution in [3.8, 4) is 5.75 Å². The molecular weight excluding hydrogens is 458 g/mol. The van der Waals surface area contributed by atoms with E-state index in [4.69, 9.17) is 10.5 Å². The first-order valence-corrected chi connectivity index (χ1v) is 12.7. The zero-order valence-electron chi connectivity index (χ0n) is 19.4. The van der Waals surface area contributed by atoms with Crippen molar-refractivity contribution in [1.29, 1.82) is 0 Å². The molecule has 11 heteroatoms. The first-order chi connectivity index (χ1) is 16.3. The number of carbonyl (C=O) groups excluding carboxylic acids is 2. The maximum atomic E-state index is 13.2. The summed E-state index contributed by atoms with van der Waals surface area (Å²) in [6.45, 7) is 2.43. The van der Waals surface area contributed by atoms with Gasteiger partial charge in [-0.2, -0.15) is 4.31 Å². The molecule has 184 valence electrons. The summed E-state index contributed by atoms with van der Waals surface area (Å²) in [5.74, 6) is -0.0457. The third-order valence-electron chi connectivity index (χ3n) is 5.48. The van der Waals surface area contributed by atoms with Crippen LogP contribution in [-0.2, 0) is 27.9 Å². The van der Waals surface area contributed by atoms with E-state index in [-0.39, 0.29) is 25.4 Å². The summed E-state index contributed by atoms with van der Waals surface area (Å²) in [7, 11) is -2.19. The van der Waals surface area contributed by atoms with Gasteiger partial charge in [0.1, 0.15) is 5.75 Å². The van der Waals surface area contributed by atoms with Crippen molar-refractivity contribution in [3.63, 3.8) is 0 Å². The number of benzene rings is 2. The lowest BCUT2D eigenvalue weighted by Crippen LogP contribution is -2.54. The average Bonchev–Trinajstić information content (AvgIpc) is 3.30. The SMILES string of the molecule is CCCS(=O)(=O)N1CCN(C(=O)Nc2ccc(OC)cc2)C1C(=O)NCc1cccc(CN)c1. The molecule has 1 saturated heterocycles. The number of sulfonamides is 1. The van der Waals surface area contributed by atoms with E-state index in [1.807, 2.05) is 24.3 Å². The molecule has 0 aromatic heterocycles. The molecule has 1 heterocycles. The Hall–Kier alpha value is -3.15. The van der Waals surface area contributed by atoms with Gasteiger partial charge in [0.2, 0.25) is 10.0 Å². The Morgan fingerprint density at radius 3 is 2.47 bits per heavy atom. The zero-order valence-corrected chi connectivity index (χ0v) is 20.2. The van der Waals surface area contributed by atoms with Crippen LogP contribution in [0.3, 0.4) is 0 Å². The highest BCUT2D eigenvalue weighted by molar-refractivity contribution is 7.89. The predicted molar refractivity (Wildman–Crippen MR) is 129 cm³/mol. The summed E-state index contributed by atoms with van der Waals surface area (Å²) < 4.78 is 31.9. The molecule has 0 spiro atoms. The quantitative estimate of drug-likeness (QED) is 0.491. The van der Waals surface area contributed by atoms with Crippen LogP contribution in [-0.4, -0.2) is 61.7 Å². The second-order valence-corrected chi connectivity index (χ2v) is 9.94. The van der Waals surface area contributed by atoms with Gasteiger partial charge in [-0.3, -0.25) is 9.69 Å². The fourth-order valence-corrected chi connectivity index (χ4v) is 5.40. The highest BCUT2D eigenvalue weighted by atomic mass is 32.2. The number of nitrogens with two attached hydrogens (primary N) is 1. The number of rotatable bonds is 9. The molecule has 0 saturated carbocycles. The summed E-state index contributed by atoms with van der Waals surface area (Å²) in [6.07, 6.45) is -0.885. The van der Waals surface area contributed by atoms with Crippen LogP contribution in [0.2, 0.25) is 0 Å². The Kier molecular flexibility index (Phi) is 8.48. The molecule has 1 unspecified atom stereocenters. The monoisotopic (exact) mass is 489 g/mol. The molecule has 1 aliphatic rings. The van der Waals surface area contributed by atoms with Crippen molar-refractivity contribution in [3.05, 3.63) is 59.7 Å². The molecule has 0 aliphatic carbocycles. The number of anilines is 1. The van der Waals surface area contributed by atoms with E-state index < -0.39 is 28.1 Å². The minimum absolute atomic E-state index is 0.0408. The lowest BCUT2D eigenvalue weighted by atomic mass is 10.1. The molecular formula is C23H31N5O5S. The summed E-state index contributed by atoms with van der Waals surface area (Å²) in [5.41, 5.74) is 7.92. The summed E-state index contributed by atoms with van der Waals surface area (Å²) in [5, 5.41) is 5.51. The summed E-state index contributed by atoms with van der Waals surface area (Å²) >= 11 is 0. The summed E-state index contributed by atoms with van der Waals surface area (Å²) in [4.78, 5) is 27.5. The van der Waals surface area contributed by atoms with E-state index >= 15 is 0 Å². The van der Waals surface area contributed by atoms with E-state index in [2.05, 4.69) is 10.6 Å². The van der Waals surface area contributed by atoms with Crippen molar-refractivity contribution in [2.75, 3.05) is 31.3 Å². The molecule has 2 aromatic carbocycles. The Balaban J connectivity index is 1.79. The second-order valence-electron chi connectivity index (χ2n) is 7.89. The van der Waals surface area contributed by atoms with E-state index in [1.165, 1.54) is 4.90 Å². The minimum atomic E-state index is -3.73. The van der Waals surface area contributed by atoms with Gasteiger partial charge in [0, 0.05) is 31.9 Å². The van der Waals surface area contributed by atoms with Gasteiger partial charge < -0.3 is 21.1 Å². The normalized spacial score (nSPS) is 16.3. The maximum Gasteiger partial charge on any atom is 0.323 e. The van der Waals surface area contributed by atoms with Crippen molar-refractivity contribution in [1.82, 2.24) is 14.5 Å². The standard InChI is InChI=1S/C23H31N5O5S/c1-3-13-34(31,32)28-12-11-27(23(30)26-19-7-9-20(33-2)10-8-19)22(28)21(29)25-16-18-6-4-5-17(14-18)15-24/h4-10,14,22H,3,11-13,15-16,24H2,1-2H3,(H,25,29)(H,26,30). The van der Waals surface area contributed by atoms with Gasteiger partial charge >= 0.3 is 6.03 Å². The Morgan fingerprint density at radius 2 is 1.82 bits per heavy atom. The first kappa shape index (κ1) is 25.5. The fourth-order valence-electron chi connectivity index (χ4n) is 3.77. The molecule has 3 amide bonds. The average molecular weight is 490 g/mol. The van der Waals surface area contributed by atoms with Crippen LogP contribution in [0.15, 0.2) is 48.5 Å². The number of amides is 3. The van der Waals surface area contributed by atoms with Gasteiger partial charge in [0.25, 0.3) is 5.91 Å². The van der Waals surface area contributed by atoms with Crippen LogP contribution >= 0.6 is 0 Å². The number of methoxy groups -OCH3 is 1. The van der Waals surface area contributed by atoms with Gasteiger partial charge in [0.05, 0.1) is 12.9 Å². The number of hydrogen-bond acceptors (Lipinski definition) is 6. The van der Waals surface area contributed by atoms with Gasteiger partial charge in [-0.25, -0.2) is 13.2 Å². The zero-order chi connectivity index (χ0) is 24.7. The molecule has 10 nitrogen and oxygen atoms in total. The molecule has 4 N–H and O–H groups in total. The fraction of sp³-hybridized carbons (Fsp3) is 0.391. The third kappa shape index (κ3) is 6.04. The highest BCUT2D eigenvalue weighted by Gasteiger charge is 2.45. The molecule has 1 aliphatic heterocycles. The van der Waals surface area contributed by atoms with Crippen molar-refractivity contribution < 1.29 is 22.7 Å². The molecule has 34 heavy (non-hydrogen) atoms. The van der Waals surface area contributed by atoms with Crippen molar-refractivity contribution >= 4 is 27.6 Å². The number of nitrogens with one attached hydrogen (secondary N) is 2. The van der Waals surface area contributed by atoms with E-state index in [0.717, 1.165) is 15.4 Å². The topological polar surface area (TPSA) is 134 Å².